The molecule has 0 amide bonds. The first-order chi connectivity index (χ1) is 11.7. The summed E-state index contributed by atoms with van der Waals surface area (Å²) in [6.07, 6.45) is 3.57. The number of ether oxygens (including phenoxy) is 1. The van der Waals surface area contributed by atoms with E-state index >= 15 is 0 Å². The third-order valence-electron chi connectivity index (χ3n) is 4.29. The van der Waals surface area contributed by atoms with Gasteiger partial charge in [-0.3, -0.25) is 4.68 Å². The molecule has 0 bridgehead atoms. The lowest BCUT2D eigenvalue weighted by Crippen LogP contribution is -2.25. The molecule has 3 rings (SSSR count). The van der Waals surface area contributed by atoms with E-state index in [0.29, 0.717) is 12.2 Å². The summed E-state index contributed by atoms with van der Waals surface area (Å²) in [5, 5.41) is 7.80. The number of benzene rings is 1. The summed E-state index contributed by atoms with van der Waals surface area (Å²) in [5.41, 5.74) is 3.71. The number of anilines is 1. The molecular weight excluding hydrogens is 302 g/mol. The van der Waals surface area contributed by atoms with Crippen molar-refractivity contribution in [1.82, 2.24) is 9.78 Å². The largest absolute Gasteiger partial charge is 0.463 e. The molecule has 1 atom stereocenters. The lowest BCUT2D eigenvalue weighted by atomic mass is 9.82. The highest BCUT2D eigenvalue weighted by Gasteiger charge is 2.35. The second kappa shape index (κ2) is 6.91. The molecule has 5 heteroatoms. The summed E-state index contributed by atoms with van der Waals surface area (Å²) < 4.78 is 7.19. The molecule has 0 spiro atoms. The van der Waals surface area contributed by atoms with Crippen molar-refractivity contribution in [3.8, 4) is 0 Å². The molecule has 1 aliphatic rings. The Kier molecular flexibility index (Phi) is 4.69. The minimum atomic E-state index is -0.253. The number of rotatable bonds is 5. The van der Waals surface area contributed by atoms with E-state index in [-0.39, 0.29) is 11.9 Å². The van der Waals surface area contributed by atoms with Gasteiger partial charge in [0.1, 0.15) is 5.82 Å². The smallest absolute Gasteiger partial charge is 0.336 e. The van der Waals surface area contributed by atoms with E-state index in [1.165, 1.54) is 0 Å². The summed E-state index contributed by atoms with van der Waals surface area (Å²) >= 11 is 0. The van der Waals surface area contributed by atoms with Gasteiger partial charge in [-0.25, -0.2) is 4.79 Å². The molecule has 5 nitrogen and oxygen atoms in total. The molecule has 0 fully saturated rings. The Morgan fingerprint density at radius 2 is 2.04 bits per heavy atom. The molecule has 1 aromatic heterocycles. The summed E-state index contributed by atoms with van der Waals surface area (Å²) in [4.78, 5) is 12.7. The van der Waals surface area contributed by atoms with Crippen molar-refractivity contribution in [1.29, 1.82) is 0 Å². The maximum atomic E-state index is 12.7. The van der Waals surface area contributed by atoms with Crippen LogP contribution in [0.25, 0.3) is 0 Å². The summed E-state index contributed by atoms with van der Waals surface area (Å²) in [6, 6.07) is 10.1. The Bertz CT molecular complexity index is 762. The van der Waals surface area contributed by atoms with Gasteiger partial charge < -0.3 is 10.1 Å². The quantitative estimate of drug-likeness (QED) is 0.854. The predicted molar refractivity (Wildman–Crippen MR) is 93.7 cm³/mol. The topological polar surface area (TPSA) is 56.1 Å². The molecule has 0 saturated carbocycles. The zero-order valence-corrected chi connectivity index (χ0v) is 14.4. The van der Waals surface area contributed by atoms with Crippen molar-refractivity contribution in [2.45, 2.75) is 32.6 Å². The van der Waals surface area contributed by atoms with Crippen molar-refractivity contribution in [3.05, 3.63) is 58.9 Å². The number of hydrogen-bond acceptors (Lipinski definition) is 4. The van der Waals surface area contributed by atoms with Gasteiger partial charge in [0, 0.05) is 24.2 Å². The second-order valence-corrected chi connectivity index (χ2v) is 5.90. The Balaban J connectivity index is 2.19. The predicted octanol–water partition coefficient (Wildman–Crippen LogP) is 3.59. The van der Waals surface area contributed by atoms with Crippen molar-refractivity contribution >= 4 is 11.8 Å². The number of aryl methyl sites for hydroxylation is 1. The molecule has 2 aromatic rings. The number of nitrogens with one attached hydrogen (secondary N) is 1. The number of nitrogens with zero attached hydrogens (tertiary/aromatic N) is 2. The molecule has 1 unspecified atom stereocenters. The first-order valence-corrected chi connectivity index (χ1v) is 8.41. The van der Waals surface area contributed by atoms with Gasteiger partial charge in [0.15, 0.2) is 0 Å². The molecule has 0 radical (unpaired) electrons. The van der Waals surface area contributed by atoms with Gasteiger partial charge in [-0.2, -0.15) is 5.10 Å². The summed E-state index contributed by atoms with van der Waals surface area (Å²) in [7, 11) is 1.91. The van der Waals surface area contributed by atoms with E-state index in [4.69, 9.17) is 4.74 Å². The summed E-state index contributed by atoms with van der Waals surface area (Å²) in [6.45, 7) is 4.30. The van der Waals surface area contributed by atoms with Crippen LogP contribution in [-0.2, 0) is 16.6 Å². The number of hydrogen-bond donors (Lipinski definition) is 1. The van der Waals surface area contributed by atoms with Crippen LogP contribution < -0.4 is 5.32 Å². The van der Waals surface area contributed by atoms with E-state index in [0.717, 1.165) is 35.5 Å². The maximum Gasteiger partial charge on any atom is 0.336 e. The van der Waals surface area contributed by atoms with Gasteiger partial charge in [-0.05, 0) is 18.9 Å². The van der Waals surface area contributed by atoms with Crippen LogP contribution >= 0.6 is 0 Å². The van der Waals surface area contributed by atoms with Crippen LogP contribution in [0.1, 0.15) is 43.7 Å². The van der Waals surface area contributed by atoms with E-state index in [9.17, 15) is 4.79 Å². The van der Waals surface area contributed by atoms with E-state index in [1.807, 2.05) is 43.0 Å². The fourth-order valence-corrected chi connectivity index (χ4v) is 3.25. The monoisotopic (exact) mass is 325 g/mol. The molecule has 24 heavy (non-hydrogen) atoms. The van der Waals surface area contributed by atoms with Gasteiger partial charge in [0.05, 0.1) is 18.4 Å². The third kappa shape index (κ3) is 2.82. The lowest BCUT2D eigenvalue weighted by Gasteiger charge is -2.29. The molecule has 1 aromatic carbocycles. The number of fused-ring (bicyclic) bond motifs is 1. The number of esters is 1. The van der Waals surface area contributed by atoms with E-state index < -0.39 is 0 Å². The van der Waals surface area contributed by atoms with E-state index in [1.54, 1.807) is 0 Å². The molecule has 126 valence electrons. The lowest BCUT2D eigenvalue weighted by molar-refractivity contribution is -0.138. The van der Waals surface area contributed by atoms with Crippen LogP contribution in [0.4, 0.5) is 5.82 Å². The summed E-state index contributed by atoms with van der Waals surface area (Å²) in [5.74, 6) is 0.536. The minimum absolute atomic E-state index is 0.156. The molecule has 1 aliphatic heterocycles. The fraction of sp³-hybridized carbons (Fsp3) is 0.368. The van der Waals surface area contributed by atoms with Crippen LogP contribution in [0.5, 0.6) is 0 Å². The molecule has 2 heterocycles. The number of aromatic nitrogens is 2. The normalized spacial score (nSPS) is 16.5. The van der Waals surface area contributed by atoms with Crippen LogP contribution in [-0.4, -0.2) is 22.4 Å². The minimum Gasteiger partial charge on any atom is -0.463 e. The molecular formula is C19H23N3O2. The molecule has 0 aliphatic carbocycles. The van der Waals surface area contributed by atoms with Gasteiger partial charge in [0.2, 0.25) is 0 Å². The van der Waals surface area contributed by atoms with Crippen molar-refractivity contribution < 1.29 is 9.53 Å². The number of allylic oxidation sites excluding steroid dienone is 1. The molecule has 1 N–H and O–H groups in total. The zero-order chi connectivity index (χ0) is 17.1. The number of carbonyl (C=O) groups excluding carboxylic acids is 1. The average Bonchev–Trinajstić information content (AvgIpc) is 2.96. The highest BCUT2D eigenvalue weighted by Crippen LogP contribution is 2.42. The Morgan fingerprint density at radius 1 is 1.29 bits per heavy atom. The van der Waals surface area contributed by atoms with Gasteiger partial charge >= 0.3 is 5.97 Å². The van der Waals surface area contributed by atoms with Gasteiger partial charge in [-0.15, -0.1) is 0 Å². The standard InChI is InChI=1S/C19H23N3O2/c1-4-9-15-17(19(23)24-5-2)16(13-10-7-6-8-11-13)14-12-20-22(3)18(14)21-15/h6-8,10-12,16,21H,4-5,9H2,1-3H3. The third-order valence-corrected chi connectivity index (χ3v) is 4.29. The first-order valence-electron chi connectivity index (χ1n) is 8.41. The second-order valence-electron chi connectivity index (χ2n) is 5.90. The highest BCUT2D eigenvalue weighted by atomic mass is 16.5. The maximum absolute atomic E-state index is 12.7. The van der Waals surface area contributed by atoms with Crippen molar-refractivity contribution in [2.24, 2.45) is 7.05 Å². The van der Waals surface area contributed by atoms with E-state index in [2.05, 4.69) is 29.5 Å². The Labute approximate surface area is 142 Å². The molecule has 0 saturated heterocycles. The SMILES string of the molecule is CCCC1=C(C(=O)OCC)C(c2ccccc2)c2cnn(C)c2N1. The average molecular weight is 325 g/mol. The van der Waals surface area contributed by atoms with Crippen LogP contribution in [0.15, 0.2) is 47.8 Å². The van der Waals surface area contributed by atoms with Crippen molar-refractivity contribution in [2.75, 3.05) is 11.9 Å². The van der Waals surface area contributed by atoms with Crippen LogP contribution in [0.3, 0.4) is 0 Å². The fourth-order valence-electron chi connectivity index (χ4n) is 3.25. The number of carbonyl (C=O) groups is 1. The van der Waals surface area contributed by atoms with Crippen LogP contribution in [0, 0.1) is 0 Å². The highest BCUT2D eigenvalue weighted by molar-refractivity contribution is 5.94. The van der Waals surface area contributed by atoms with Crippen LogP contribution in [0.2, 0.25) is 0 Å². The van der Waals surface area contributed by atoms with Gasteiger partial charge in [0.25, 0.3) is 0 Å². The Hall–Kier alpha value is -2.56. The zero-order valence-electron chi connectivity index (χ0n) is 14.4. The Morgan fingerprint density at radius 3 is 2.71 bits per heavy atom. The van der Waals surface area contributed by atoms with Gasteiger partial charge in [-0.1, -0.05) is 43.7 Å². The first kappa shape index (κ1) is 16.3. The van der Waals surface area contributed by atoms with Crippen molar-refractivity contribution in [3.63, 3.8) is 0 Å².